The van der Waals surface area contributed by atoms with Gasteiger partial charge in [0.25, 0.3) is 5.91 Å². The monoisotopic (exact) mass is 322 g/mol. The van der Waals surface area contributed by atoms with E-state index in [4.69, 9.17) is 4.74 Å². The second-order valence-corrected chi connectivity index (χ2v) is 7.02. The van der Waals surface area contributed by atoms with Crippen LogP contribution in [-0.4, -0.2) is 51.4 Å². The first-order valence-electron chi connectivity index (χ1n) is 8.01. The van der Waals surface area contributed by atoms with Crippen LogP contribution in [0, 0.1) is 5.92 Å². The molecular formula is C16H26N4O3. The van der Waals surface area contributed by atoms with E-state index in [2.05, 4.69) is 10.4 Å². The van der Waals surface area contributed by atoms with Crippen LogP contribution in [-0.2, 0) is 11.3 Å². The fraction of sp³-hybridized carbons (Fsp3) is 0.688. The molecule has 1 aromatic heterocycles. The van der Waals surface area contributed by atoms with Crippen LogP contribution in [0.15, 0.2) is 12.4 Å². The smallest absolute Gasteiger partial charge is 0.407 e. The molecule has 0 bridgehead atoms. The molecule has 1 saturated heterocycles. The highest BCUT2D eigenvalue weighted by Crippen LogP contribution is 2.19. The Hall–Kier alpha value is -2.05. The number of ether oxygens (including phenoxy) is 1. The summed E-state index contributed by atoms with van der Waals surface area (Å²) in [7, 11) is 0. The Kier molecular flexibility index (Phi) is 4.97. The number of nitrogens with zero attached hydrogens (tertiary/aromatic N) is 3. The molecule has 1 aliphatic rings. The van der Waals surface area contributed by atoms with E-state index in [0.717, 1.165) is 6.54 Å². The standard InChI is InChI=1S/C16H26N4O3/c1-6-20-9-12(7-17-20)14(21)19-8-11(2)13(10-19)18-15(22)23-16(3,4)5/h7,9,11,13H,6,8,10H2,1-5H3,(H,18,22)/t11-,13-/m1/s1. The van der Waals surface area contributed by atoms with Gasteiger partial charge in [0.1, 0.15) is 5.60 Å². The summed E-state index contributed by atoms with van der Waals surface area (Å²) in [4.78, 5) is 26.2. The van der Waals surface area contributed by atoms with Gasteiger partial charge in [-0.1, -0.05) is 6.92 Å². The molecule has 0 unspecified atom stereocenters. The van der Waals surface area contributed by atoms with Crippen molar-refractivity contribution in [2.75, 3.05) is 13.1 Å². The van der Waals surface area contributed by atoms with E-state index in [1.54, 1.807) is 22.0 Å². The molecule has 2 rings (SSSR count). The first-order chi connectivity index (χ1) is 10.7. The first-order valence-corrected chi connectivity index (χ1v) is 8.01. The number of alkyl carbamates (subject to hydrolysis) is 1. The Morgan fingerprint density at radius 1 is 1.39 bits per heavy atom. The second-order valence-electron chi connectivity index (χ2n) is 7.02. The summed E-state index contributed by atoms with van der Waals surface area (Å²) in [5, 5.41) is 7.00. The minimum atomic E-state index is -0.532. The molecule has 2 heterocycles. The van der Waals surface area contributed by atoms with Gasteiger partial charge in [0.2, 0.25) is 0 Å². The molecule has 7 nitrogen and oxygen atoms in total. The lowest BCUT2D eigenvalue weighted by molar-refractivity contribution is 0.0494. The molecule has 23 heavy (non-hydrogen) atoms. The summed E-state index contributed by atoms with van der Waals surface area (Å²) < 4.78 is 7.00. The average Bonchev–Trinajstić information content (AvgIpc) is 3.03. The number of likely N-dealkylation sites (tertiary alicyclic amines) is 1. The van der Waals surface area contributed by atoms with Gasteiger partial charge in [-0.25, -0.2) is 4.79 Å². The van der Waals surface area contributed by atoms with Crippen molar-refractivity contribution in [3.8, 4) is 0 Å². The van der Waals surface area contributed by atoms with Gasteiger partial charge in [0.05, 0.1) is 17.8 Å². The van der Waals surface area contributed by atoms with E-state index in [1.807, 2.05) is 34.6 Å². The number of nitrogens with one attached hydrogen (secondary N) is 1. The van der Waals surface area contributed by atoms with Crippen LogP contribution in [0.4, 0.5) is 4.79 Å². The van der Waals surface area contributed by atoms with Crippen LogP contribution in [0.5, 0.6) is 0 Å². The summed E-state index contributed by atoms with van der Waals surface area (Å²) in [5.41, 5.74) is 0.0489. The maximum absolute atomic E-state index is 12.5. The van der Waals surface area contributed by atoms with Crippen molar-refractivity contribution in [2.24, 2.45) is 5.92 Å². The number of aryl methyl sites for hydroxylation is 1. The summed E-state index contributed by atoms with van der Waals surface area (Å²) in [6.07, 6.45) is 2.90. The zero-order valence-electron chi connectivity index (χ0n) is 14.5. The van der Waals surface area contributed by atoms with E-state index < -0.39 is 11.7 Å². The largest absolute Gasteiger partial charge is 0.444 e. The molecule has 0 spiro atoms. The Labute approximate surface area is 137 Å². The zero-order chi connectivity index (χ0) is 17.2. The van der Waals surface area contributed by atoms with Gasteiger partial charge < -0.3 is 15.0 Å². The maximum Gasteiger partial charge on any atom is 0.407 e. The number of rotatable bonds is 3. The molecule has 2 atom stereocenters. The third kappa shape index (κ3) is 4.46. The van der Waals surface area contributed by atoms with E-state index in [9.17, 15) is 9.59 Å². The molecule has 0 aromatic carbocycles. The van der Waals surface area contributed by atoms with Gasteiger partial charge in [0.15, 0.2) is 0 Å². The van der Waals surface area contributed by atoms with Crippen LogP contribution in [0.2, 0.25) is 0 Å². The lowest BCUT2D eigenvalue weighted by Crippen LogP contribution is -2.43. The Bertz CT molecular complexity index is 576. The molecule has 0 radical (unpaired) electrons. The lowest BCUT2D eigenvalue weighted by Gasteiger charge is -2.23. The molecule has 0 aliphatic carbocycles. The number of hydrogen-bond donors (Lipinski definition) is 1. The van der Waals surface area contributed by atoms with Crippen molar-refractivity contribution in [2.45, 2.75) is 52.8 Å². The molecule has 7 heteroatoms. The molecule has 1 aromatic rings. The van der Waals surface area contributed by atoms with Crippen molar-refractivity contribution in [1.82, 2.24) is 20.0 Å². The van der Waals surface area contributed by atoms with Crippen molar-refractivity contribution < 1.29 is 14.3 Å². The Morgan fingerprint density at radius 3 is 2.65 bits per heavy atom. The van der Waals surface area contributed by atoms with Crippen LogP contribution < -0.4 is 5.32 Å². The number of aromatic nitrogens is 2. The minimum Gasteiger partial charge on any atom is -0.444 e. The topological polar surface area (TPSA) is 76.5 Å². The molecule has 1 fully saturated rings. The quantitative estimate of drug-likeness (QED) is 0.922. The highest BCUT2D eigenvalue weighted by molar-refractivity contribution is 5.94. The predicted molar refractivity (Wildman–Crippen MR) is 86.1 cm³/mol. The van der Waals surface area contributed by atoms with Crippen LogP contribution >= 0.6 is 0 Å². The minimum absolute atomic E-state index is 0.0509. The van der Waals surface area contributed by atoms with Gasteiger partial charge in [-0.2, -0.15) is 5.10 Å². The molecular weight excluding hydrogens is 296 g/mol. The predicted octanol–water partition coefficient (Wildman–Crippen LogP) is 1.89. The van der Waals surface area contributed by atoms with E-state index in [-0.39, 0.29) is 17.9 Å². The van der Waals surface area contributed by atoms with Crippen LogP contribution in [0.25, 0.3) is 0 Å². The first kappa shape index (κ1) is 17.3. The third-order valence-corrected chi connectivity index (χ3v) is 3.81. The van der Waals surface area contributed by atoms with Gasteiger partial charge >= 0.3 is 6.09 Å². The summed E-state index contributed by atoms with van der Waals surface area (Å²) in [6, 6.07) is -0.102. The second kappa shape index (κ2) is 6.60. The number of amides is 2. The van der Waals surface area contributed by atoms with Gasteiger partial charge in [0, 0.05) is 25.8 Å². The molecule has 2 amide bonds. The lowest BCUT2D eigenvalue weighted by atomic mass is 10.1. The Morgan fingerprint density at radius 2 is 2.09 bits per heavy atom. The summed E-state index contributed by atoms with van der Waals surface area (Å²) in [6.45, 7) is 11.3. The molecule has 128 valence electrons. The van der Waals surface area contributed by atoms with Crippen molar-refractivity contribution in [3.05, 3.63) is 18.0 Å². The molecule has 1 aliphatic heterocycles. The fourth-order valence-corrected chi connectivity index (χ4v) is 2.61. The van der Waals surface area contributed by atoms with Crippen LogP contribution in [0.3, 0.4) is 0 Å². The van der Waals surface area contributed by atoms with E-state index in [0.29, 0.717) is 18.7 Å². The fourth-order valence-electron chi connectivity index (χ4n) is 2.61. The third-order valence-electron chi connectivity index (χ3n) is 3.81. The normalized spacial score (nSPS) is 21.3. The number of carbonyl (C=O) groups is 2. The van der Waals surface area contributed by atoms with Crippen molar-refractivity contribution >= 4 is 12.0 Å². The SMILES string of the molecule is CCn1cc(C(=O)N2C[C@@H](C)[C@H](NC(=O)OC(C)(C)C)C2)cn1. The van der Waals surface area contributed by atoms with Crippen molar-refractivity contribution in [1.29, 1.82) is 0 Å². The van der Waals surface area contributed by atoms with Gasteiger partial charge in [-0.15, -0.1) is 0 Å². The Balaban J connectivity index is 1.95. The number of carbonyl (C=O) groups excluding carboxylic acids is 2. The highest BCUT2D eigenvalue weighted by atomic mass is 16.6. The maximum atomic E-state index is 12.5. The van der Waals surface area contributed by atoms with E-state index in [1.165, 1.54) is 0 Å². The molecule has 1 N–H and O–H groups in total. The van der Waals surface area contributed by atoms with Crippen LogP contribution in [0.1, 0.15) is 45.0 Å². The summed E-state index contributed by atoms with van der Waals surface area (Å²) >= 11 is 0. The van der Waals surface area contributed by atoms with Gasteiger partial charge in [-0.3, -0.25) is 9.48 Å². The molecule has 0 saturated carbocycles. The number of hydrogen-bond acceptors (Lipinski definition) is 4. The average molecular weight is 322 g/mol. The van der Waals surface area contributed by atoms with E-state index >= 15 is 0 Å². The van der Waals surface area contributed by atoms with Gasteiger partial charge in [-0.05, 0) is 33.6 Å². The highest BCUT2D eigenvalue weighted by Gasteiger charge is 2.35. The van der Waals surface area contributed by atoms with Crippen molar-refractivity contribution in [3.63, 3.8) is 0 Å². The zero-order valence-corrected chi connectivity index (χ0v) is 14.5. The summed E-state index contributed by atoms with van der Waals surface area (Å²) in [5.74, 6) is 0.123.